The second kappa shape index (κ2) is 48.7. The molecule has 0 aliphatic rings. The Morgan fingerprint density at radius 2 is 0.800 bits per heavy atom. The van der Waals surface area contributed by atoms with Crippen molar-refractivity contribution in [3.05, 3.63) is 0 Å². The van der Waals surface area contributed by atoms with Crippen LogP contribution in [0.2, 0.25) is 0 Å². The second-order valence-electron chi connectivity index (χ2n) is 0. The number of hydrogen-bond acceptors (Lipinski definition) is 0. The molecule has 5 heavy (non-hydrogen) atoms. The molecular weight excluding hydrogens is 192 g/mol. The summed E-state index contributed by atoms with van der Waals surface area (Å²) < 4.78 is 0. The van der Waals surface area contributed by atoms with Crippen LogP contribution in [0.1, 0.15) is 0 Å². The average molecular weight is 202 g/mol. The SMILES string of the molecule is CP.CP.[Pd]. The van der Waals surface area contributed by atoms with E-state index in [1.165, 1.54) is 0 Å². The summed E-state index contributed by atoms with van der Waals surface area (Å²) in [5.41, 5.74) is 0. The zero-order valence-electron chi connectivity index (χ0n) is 3.47. The first-order valence-electron chi connectivity index (χ1n) is 1.15. The third-order valence-corrected chi connectivity index (χ3v) is 0. The maximum atomic E-state index is 2.42. The van der Waals surface area contributed by atoms with Crippen LogP contribution in [0.5, 0.6) is 0 Å². The summed E-state index contributed by atoms with van der Waals surface area (Å²) in [5.74, 6) is 0. The van der Waals surface area contributed by atoms with Gasteiger partial charge in [-0.2, -0.15) is 0 Å². The van der Waals surface area contributed by atoms with Crippen molar-refractivity contribution in [1.82, 2.24) is 0 Å². The summed E-state index contributed by atoms with van der Waals surface area (Å²) in [6.45, 7) is 3.83. The van der Waals surface area contributed by atoms with Gasteiger partial charge >= 0.3 is 0 Å². The fraction of sp³-hybridized carbons (Fsp3) is 1.00. The summed E-state index contributed by atoms with van der Waals surface area (Å²) in [6.07, 6.45) is 0. The smallest absolute Gasteiger partial charge is 0 e. The van der Waals surface area contributed by atoms with Crippen LogP contribution in [0.3, 0.4) is 0 Å². The van der Waals surface area contributed by atoms with Crippen LogP contribution in [-0.4, -0.2) is 13.3 Å². The van der Waals surface area contributed by atoms with Gasteiger partial charge in [-0.25, -0.2) is 0 Å². The minimum atomic E-state index is 0. The van der Waals surface area contributed by atoms with Crippen molar-refractivity contribution in [1.29, 1.82) is 0 Å². The molecule has 0 saturated carbocycles. The van der Waals surface area contributed by atoms with E-state index in [4.69, 9.17) is 0 Å². The molecule has 0 N–H and O–H groups in total. The summed E-state index contributed by atoms with van der Waals surface area (Å²) >= 11 is 0. The molecule has 0 spiro atoms. The van der Waals surface area contributed by atoms with Gasteiger partial charge in [0.2, 0.25) is 0 Å². The van der Waals surface area contributed by atoms with Gasteiger partial charge in [0.25, 0.3) is 0 Å². The second-order valence-corrected chi connectivity index (χ2v) is 0. The van der Waals surface area contributed by atoms with E-state index in [2.05, 4.69) is 18.5 Å². The first-order valence-corrected chi connectivity index (χ1v) is 3.46. The largest absolute Gasteiger partial charge is 0.141 e. The van der Waals surface area contributed by atoms with Crippen molar-refractivity contribution < 1.29 is 20.4 Å². The topological polar surface area (TPSA) is 0 Å². The van der Waals surface area contributed by atoms with Crippen molar-refractivity contribution in [2.75, 3.05) is 13.3 Å². The molecule has 0 aliphatic carbocycles. The molecule has 0 aromatic heterocycles. The molecule has 0 rings (SSSR count). The summed E-state index contributed by atoms with van der Waals surface area (Å²) in [7, 11) is 4.83. The quantitative estimate of drug-likeness (QED) is 0.406. The number of rotatable bonds is 0. The number of hydrogen-bond donors (Lipinski definition) is 0. The van der Waals surface area contributed by atoms with Crippen molar-refractivity contribution in [3.63, 3.8) is 0 Å². The Kier molecular flexibility index (Phi) is 156. The normalized spacial score (nSPS) is 2.40. The molecule has 2 atom stereocenters. The van der Waals surface area contributed by atoms with E-state index in [1.54, 1.807) is 0 Å². The van der Waals surface area contributed by atoms with Crippen LogP contribution < -0.4 is 0 Å². The van der Waals surface area contributed by atoms with Gasteiger partial charge in [0, 0.05) is 20.4 Å². The molecule has 0 aromatic carbocycles. The Morgan fingerprint density at radius 3 is 0.800 bits per heavy atom. The zero-order chi connectivity index (χ0) is 4.00. The molecule has 0 nitrogen and oxygen atoms in total. The monoisotopic (exact) mass is 202 g/mol. The van der Waals surface area contributed by atoms with Gasteiger partial charge in [0.15, 0.2) is 0 Å². The predicted molar refractivity (Wildman–Crippen MR) is 31.3 cm³/mol. The minimum Gasteiger partial charge on any atom is -0.141 e. The van der Waals surface area contributed by atoms with E-state index < -0.39 is 0 Å². The van der Waals surface area contributed by atoms with Gasteiger partial charge in [0.05, 0.1) is 0 Å². The van der Waals surface area contributed by atoms with Crippen molar-refractivity contribution in [3.8, 4) is 0 Å². The van der Waals surface area contributed by atoms with E-state index >= 15 is 0 Å². The van der Waals surface area contributed by atoms with Crippen LogP contribution in [0.25, 0.3) is 0 Å². The van der Waals surface area contributed by atoms with E-state index in [-0.39, 0.29) is 20.4 Å². The Morgan fingerprint density at radius 1 is 0.800 bits per heavy atom. The summed E-state index contributed by atoms with van der Waals surface area (Å²) in [5, 5.41) is 0. The molecule has 0 radical (unpaired) electrons. The van der Waals surface area contributed by atoms with Crippen LogP contribution in [0.15, 0.2) is 0 Å². The summed E-state index contributed by atoms with van der Waals surface area (Å²) in [6, 6.07) is 0. The molecule has 0 saturated heterocycles. The molecule has 38 valence electrons. The molecule has 0 heterocycles. The standard InChI is InChI=1S/2CH5P.Pd/c2*1-2;/h2*2H2,1H3;. The zero-order valence-corrected chi connectivity index (χ0v) is 7.33. The first kappa shape index (κ1) is 16.0. The average Bonchev–Trinajstić information content (AvgIpc) is 1.50. The molecule has 0 aliphatic heterocycles. The van der Waals surface area contributed by atoms with Crippen molar-refractivity contribution in [2.24, 2.45) is 0 Å². The maximum Gasteiger partial charge on any atom is 0 e. The van der Waals surface area contributed by atoms with Crippen molar-refractivity contribution >= 4 is 18.5 Å². The molecule has 3 heteroatoms. The predicted octanol–water partition coefficient (Wildman–Crippen LogP) is 0.980. The minimum absolute atomic E-state index is 0. The van der Waals surface area contributed by atoms with Crippen molar-refractivity contribution in [2.45, 2.75) is 0 Å². The molecule has 0 aromatic rings. The van der Waals surface area contributed by atoms with Gasteiger partial charge in [-0.15, -0.1) is 18.5 Å². The molecule has 0 fully saturated rings. The van der Waals surface area contributed by atoms with Crippen LogP contribution in [-0.2, 0) is 20.4 Å². The third kappa shape index (κ3) is 29.6. The molecular formula is C2H10P2Pd. The van der Waals surface area contributed by atoms with Gasteiger partial charge in [0.1, 0.15) is 0 Å². The van der Waals surface area contributed by atoms with Crippen LogP contribution in [0.4, 0.5) is 0 Å². The molecule has 2 unspecified atom stereocenters. The van der Waals surface area contributed by atoms with Gasteiger partial charge < -0.3 is 0 Å². The Labute approximate surface area is 52.5 Å². The van der Waals surface area contributed by atoms with Gasteiger partial charge in [-0.05, 0) is 0 Å². The molecule has 0 amide bonds. The first-order chi connectivity index (χ1) is 2.00. The van der Waals surface area contributed by atoms with Gasteiger partial charge in [-0.1, -0.05) is 13.3 Å². The van der Waals surface area contributed by atoms with E-state index in [1.807, 2.05) is 13.3 Å². The fourth-order valence-electron chi connectivity index (χ4n) is 0. The van der Waals surface area contributed by atoms with E-state index in [9.17, 15) is 0 Å². The Hall–Kier alpha value is 1.52. The van der Waals surface area contributed by atoms with E-state index in [0.29, 0.717) is 0 Å². The van der Waals surface area contributed by atoms with Crippen LogP contribution in [0, 0.1) is 0 Å². The Bertz CT molecular complexity index is 7.61. The van der Waals surface area contributed by atoms with Crippen LogP contribution >= 0.6 is 18.5 Å². The van der Waals surface area contributed by atoms with E-state index in [0.717, 1.165) is 0 Å². The molecule has 0 bridgehead atoms. The van der Waals surface area contributed by atoms with Gasteiger partial charge in [-0.3, -0.25) is 0 Å². The maximum absolute atomic E-state index is 2.42. The fourth-order valence-corrected chi connectivity index (χ4v) is 0. The Balaban J connectivity index is -0.0000000133. The summed E-state index contributed by atoms with van der Waals surface area (Å²) in [4.78, 5) is 0. The third-order valence-electron chi connectivity index (χ3n) is 0.